The van der Waals surface area contributed by atoms with E-state index >= 15 is 4.39 Å². The molecule has 0 aliphatic carbocycles. The molecule has 3 aromatic carbocycles. The molecule has 1 unspecified atom stereocenters. The van der Waals surface area contributed by atoms with Crippen LogP contribution in [-0.2, 0) is 37.2 Å². The van der Waals surface area contributed by atoms with E-state index in [1.807, 2.05) is 12.1 Å². The first kappa shape index (κ1) is 48.2. The largest absolute Gasteiger partial charge is 0.479 e. The summed E-state index contributed by atoms with van der Waals surface area (Å²) in [7, 11) is -2.44. The molecule has 3 aliphatic rings. The number of fused-ring (bicyclic) bond motifs is 1. The highest BCUT2D eigenvalue weighted by molar-refractivity contribution is 7.88. The molecule has 0 radical (unpaired) electrons. The quantitative estimate of drug-likeness (QED) is 0.0785. The van der Waals surface area contributed by atoms with Crippen LogP contribution < -0.4 is 26.4 Å². The number of aryl methyl sites for hydroxylation is 1. The number of halogens is 2. The Bertz CT molecular complexity index is 3030. The van der Waals surface area contributed by atoms with Gasteiger partial charge in [-0.3, -0.25) is 24.0 Å². The monoisotopic (exact) mass is 993 g/mol. The number of aromatic nitrogens is 2. The smallest absolute Gasteiger partial charge is 0.349 e. The molecule has 5 N–H and O–H groups in total. The minimum absolute atomic E-state index is 0.0299. The predicted molar refractivity (Wildman–Crippen MR) is 252 cm³/mol. The van der Waals surface area contributed by atoms with Crippen LogP contribution in [0.15, 0.2) is 65.5 Å². The highest BCUT2D eigenvalue weighted by Gasteiger charge is 2.42. The van der Waals surface area contributed by atoms with Gasteiger partial charge < -0.3 is 30.5 Å². The number of imidazole rings is 1. The first-order chi connectivity index (χ1) is 32.2. The number of thiophene rings is 1. The number of hydrogen-bond donors (Lipinski definition) is 5. The molecule has 0 spiro atoms. The maximum absolute atomic E-state index is 16.1. The van der Waals surface area contributed by atoms with Crippen LogP contribution in [0.2, 0.25) is 5.02 Å². The van der Waals surface area contributed by atoms with Crippen LogP contribution in [0, 0.1) is 5.82 Å². The summed E-state index contributed by atoms with van der Waals surface area (Å²) in [4.78, 5) is 75.8. The number of piperidine rings is 3. The third-order valence-electron chi connectivity index (χ3n) is 12.8. The Hall–Kier alpha value is -6.29. The zero-order chi connectivity index (χ0) is 48.8. The van der Waals surface area contributed by atoms with Gasteiger partial charge in [-0.2, -0.15) is 4.31 Å². The van der Waals surface area contributed by atoms with Gasteiger partial charge >= 0.3 is 23.7 Å². The van der Waals surface area contributed by atoms with E-state index in [-0.39, 0.29) is 69.8 Å². The fraction of sp³-hybridized carbons (Fsp3) is 0.391. The molecule has 360 valence electrons. The van der Waals surface area contributed by atoms with Gasteiger partial charge in [-0.05, 0) is 93.3 Å². The Kier molecular flexibility index (Phi) is 13.5. The highest BCUT2D eigenvalue weighted by atomic mass is 35.5. The van der Waals surface area contributed by atoms with Gasteiger partial charge in [0.05, 0.1) is 27.4 Å². The van der Waals surface area contributed by atoms with E-state index in [4.69, 9.17) is 21.4 Å². The number of sulfonamides is 1. The average molecular weight is 995 g/mol. The molecule has 22 heteroatoms. The first-order valence-electron chi connectivity index (χ1n) is 21.9. The van der Waals surface area contributed by atoms with E-state index in [9.17, 15) is 42.3 Å². The minimum atomic E-state index is -4.07. The molecular weight excluding hydrogens is 945 g/mol. The second-order valence-electron chi connectivity index (χ2n) is 17.8. The lowest BCUT2D eigenvalue weighted by atomic mass is 9.89. The fourth-order valence-corrected chi connectivity index (χ4v) is 12.9. The van der Waals surface area contributed by atoms with Crippen LogP contribution >= 0.6 is 22.9 Å². The molecule has 68 heavy (non-hydrogen) atoms. The predicted octanol–water partition coefficient (Wildman–Crippen LogP) is 6.60. The number of carboxylic acids is 2. The average Bonchev–Trinajstić information content (AvgIpc) is 3.75. The summed E-state index contributed by atoms with van der Waals surface area (Å²) >= 11 is 7.36. The summed E-state index contributed by atoms with van der Waals surface area (Å²) in [6.45, 7) is 3.66. The van der Waals surface area contributed by atoms with E-state index in [0.717, 1.165) is 16.9 Å². The molecule has 2 atom stereocenters. The van der Waals surface area contributed by atoms with Crippen LogP contribution in [0.25, 0.3) is 21.5 Å². The number of carbonyl (C=O) groups excluding carboxylic acids is 3. The molecule has 3 aliphatic heterocycles. The van der Waals surface area contributed by atoms with Crippen molar-refractivity contribution in [3.63, 3.8) is 0 Å². The lowest BCUT2D eigenvalue weighted by Gasteiger charge is -2.45. The summed E-state index contributed by atoms with van der Waals surface area (Å²) in [6, 6.07) is 15.4. The molecule has 3 saturated heterocycles. The molecule has 5 heterocycles. The van der Waals surface area contributed by atoms with Crippen molar-refractivity contribution in [3.05, 3.63) is 98.0 Å². The highest BCUT2D eigenvalue weighted by Crippen LogP contribution is 2.46. The van der Waals surface area contributed by atoms with Crippen molar-refractivity contribution < 1.29 is 51.7 Å². The SMILES string of the molecule is Cn1c(=O)n(C2CCC(=O)NC2=O)c2ccc(C3CCN(C(=O)Nc4cccc(CS(=O)(=O)N5CC[C@H](Nc6cccc(-c7sc(C(=O)O)c(OCC(=O)O)c7Cl)c6)CC5(C)C)c4F)CC3)cc21. The number of ether oxygens (including phenoxy) is 1. The molecule has 8 rings (SSSR count). The number of benzene rings is 3. The van der Waals surface area contributed by atoms with Crippen LogP contribution in [0.5, 0.6) is 5.75 Å². The topological polar surface area (TPSA) is 239 Å². The molecule has 18 nitrogen and oxygen atoms in total. The number of amides is 4. The molecule has 0 bridgehead atoms. The number of likely N-dealkylation sites (tertiary alicyclic amines) is 1. The fourth-order valence-electron chi connectivity index (χ4n) is 9.53. The second-order valence-corrected chi connectivity index (χ2v) is 21.1. The maximum Gasteiger partial charge on any atom is 0.349 e. The van der Waals surface area contributed by atoms with Crippen molar-refractivity contribution in [2.45, 2.75) is 81.7 Å². The number of carbonyl (C=O) groups is 5. The standard InChI is InChI=1S/C46H49ClFN7O11S2/c1-46(2)22-30(49-29-8-4-6-27(20-29)40-37(47)39(66-23-36(57)58)41(67-40)43(60)61)16-19-54(46)68(64,65)24-28-7-5-9-31(38(28)48)50-44(62)53-17-14-25(15-18-53)26-10-11-32-34(21-26)52(3)45(63)55(32)33-12-13-35(56)51-42(33)59/h4-11,20-21,25,30,33,49H,12-19,22-24H2,1-3H3,(H,50,62)(H,57,58)(H,60,61)(H,51,56,59)/t30-,33?/m0/s1. The van der Waals surface area contributed by atoms with Gasteiger partial charge in [0.25, 0.3) is 0 Å². The van der Waals surface area contributed by atoms with Crippen molar-refractivity contribution in [1.82, 2.24) is 23.7 Å². The van der Waals surface area contributed by atoms with E-state index < -0.39 is 63.7 Å². The Labute approximate surface area is 398 Å². The summed E-state index contributed by atoms with van der Waals surface area (Å²) in [5, 5.41) is 27.1. The summed E-state index contributed by atoms with van der Waals surface area (Å²) in [5.74, 6) is -5.15. The number of carboxylic acid groups (broad SMARTS) is 2. The summed E-state index contributed by atoms with van der Waals surface area (Å²) < 4.78 is 53.6. The van der Waals surface area contributed by atoms with E-state index in [2.05, 4.69) is 16.0 Å². The van der Waals surface area contributed by atoms with Crippen molar-refractivity contribution in [2.24, 2.45) is 7.05 Å². The first-order valence-corrected chi connectivity index (χ1v) is 24.7. The third kappa shape index (κ3) is 9.69. The van der Waals surface area contributed by atoms with Gasteiger partial charge in [0.2, 0.25) is 21.8 Å². The molecule has 5 aromatic rings. The van der Waals surface area contributed by atoms with Crippen molar-refractivity contribution in [2.75, 3.05) is 36.9 Å². The third-order valence-corrected chi connectivity index (χ3v) is 16.5. The lowest BCUT2D eigenvalue weighted by molar-refractivity contribution is -0.139. The number of aliphatic carboxylic acids is 1. The zero-order valence-corrected chi connectivity index (χ0v) is 39.6. The van der Waals surface area contributed by atoms with Crippen molar-refractivity contribution >= 4 is 85.2 Å². The number of nitrogens with one attached hydrogen (secondary N) is 3. The van der Waals surface area contributed by atoms with Gasteiger partial charge in [-0.25, -0.2) is 32.0 Å². The van der Waals surface area contributed by atoms with Crippen LogP contribution in [0.1, 0.15) is 85.1 Å². The number of urea groups is 1. The number of aromatic carboxylic acids is 1. The molecule has 3 fully saturated rings. The number of hydrogen-bond acceptors (Lipinski definition) is 11. The van der Waals surface area contributed by atoms with E-state index in [1.54, 1.807) is 56.1 Å². The van der Waals surface area contributed by atoms with Crippen LogP contribution in [0.4, 0.5) is 20.6 Å². The van der Waals surface area contributed by atoms with E-state index in [0.29, 0.717) is 65.9 Å². The number of nitrogens with zero attached hydrogens (tertiary/aromatic N) is 4. The van der Waals surface area contributed by atoms with Crippen molar-refractivity contribution in [3.8, 4) is 16.2 Å². The van der Waals surface area contributed by atoms with Gasteiger partial charge in [0, 0.05) is 55.9 Å². The molecule has 2 aromatic heterocycles. The number of anilines is 2. The van der Waals surface area contributed by atoms with Gasteiger partial charge in [-0.1, -0.05) is 41.9 Å². The minimum Gasteiger partial charge on any atom is -0.479 e. The van der Waals surface area contributed by atoms with Gasteiger partial charge in [0.15, 0.2) is 23.1 Å². The maximum atomic E-state index is 16.1. The normalized spacial score (nSPS) is 19.2. The number of imide groups is 1. The van der Waals surface area contributed by atoms with Crippen LogP contribution in [-0.4, -0.2) is 105 Å². The van der Waals surface area contributed by atoms with Gasteiger partial charge in [0.1, 0.15) is 11.1 Å². The van der Waals surface area contributed by atoms with Crippen LogP contribution in [0.3, 0.4) is 0 Å². The van der Waals surface area contributed by atoms with Crippen molar-refractivity contribution in [1.29, 1.82) is 0 Å². The summed E-state index contributed by atoms with van der Waals surface area (Å²) in [5.41, 5.74) is 1.91. The summed E-state index contributed by atoms with van der Waals surface area (Å²) in [6.07, 6.45) is 2.33. The zero-order valence-electron chi connectivity index (χ0n) is 37.2. The number of rotatable bonds is 13. The second kappa shape index (κ2) is 19.0. The molecular formula is C46H49ClFN7O11S2. The Balaban J connectivity index is 0.874. The van der Waals surface area contributed by atoms with E-state index in [1.165, 1.54) is 31.6 Å². The Morgan fingerprint density at radius 2 is 1.71 bits per heavy atom. The Morgan fingerprint density at radius 1 is 0.971 bits per heavy atom. The molecule has 4 amide bonds. The van der Waals surface area contributed by atoms with Gasteiger partial charge in [-0.15, -0.1) is 11.3 Å². The lowest BCUT2D eigenvalue weighted by Crippen LogP contribution is -2.55. The Morgan fingerprint density at radius 3 is 2.40 bits per heavy atom. The molecule has 0 saturated carbocycles.